The first kappa shape index (κ1) is 15.5. The smallest absolute Gasteiger partial charge is 0.225 e. The second-order valence-corrected chi connectivity index (χ2v) is 6.58. The molecule has 1 atom stereocenters. The lowest BCUT2D eigenvalue weighted by atomic mass is 10.2. The minimum absolute atomic E-state index is 0.0237. The number of nitrogen functional groups attached to an aromatic ring is 1. The summed E-state index contributed by atoms with van der Waals surface area (Å²) in [5.74, 6) is 2.26. The Morgan fingerprint density at radius 3 is 3.15 bits per heavy atom. The van der Waals surface area contributed by atoms with E-state index in [9.17, 15) is 4.79 Å². The van der Waals surface area contributed by atoms with Gasteiger partial charge in [-0.25, -0.2) is 0 Å². The first-order valence-electron chi connectivity index (χ1n) is 6.73. The van der Waals surface area contributed by atoms with Crippen LogP contribution in [0.25, 0.3) is 0 Å². The van der Waals surface area contributed by atoms with Gasteiger partial charge in [0.1, 0.15) is 0 Å². The van der Waals surface area contributed by atoms with Crippen molar-refractivity contribution in [3.8, 4) is 0 Å². The highest BCUT2D eigenvalue weighted by atomic mass is 35.5. The number of anilines is 2. The van der Waals surface area contributed by atoms with E-state index in [1.54, 1.807) is 18.2 Å². The lowest BCUT2D eigenvalue weighted by molar-refractivity contribution is -0.116. The highest BCUT2D eigenvalue weighted by Crippen LogP contribution is 2.23. The zero-order valence-electron chi connectivity index (χ0n) is 11.6. The topological polar surface area (TPSA) is 58.4 Å². The predicted molar refractivity (Wildman–Crippen MR) is 87.5 cm³/mol. The molecule has 0 bridgehead atoms. The van der Waals surface area contributed by atoms with Crippen LogP contribution >= 0.6 is 23.4 Å². The number of thioether (sulfide) groups is 1. The zero-order chi connectivity index (χ0) is 14.5. The number of benzene rings is 1. The quantitative estimate of drug-likeness (QED) is 0.839. The molecule has 3 N–H and O–H groups in total. The molecule has 2 rings (SSSR count). The maximum atomic E-state index is 12.0. The van der Waals surface area contributed by atoms with Gasteiger partial charge in [-0.3, -0.25) is 9.69 Å². The standard InChI is InChI=1S/C14H20ClN3OS/c1-10-9-20-7-6-18(10)5-4-14(19)17-13-8-11(15)2-3-12(13)16/h2-3,8,10H,4-7,9,16H2,1H3,(H,17,19). The average molecular weight is 314 g/mol. The Hall–Kier alpha value is -0.910. The molecule has 110 valence electrons. The Balaban J connectivity index is 1.84. The number of halogens is 1. The average Bonchev–Trinajstić information content (AvgIpc) is 2.42. The second-order valence-electron chi connectivity index (χ2n) is 4.99. The lowest BCUT2D eigenvalue weighted by Crippen LogP contribution is -2.41. The Labute approximate surface area is 129 Å². The number of hydrogen-bond acceptors (Lipinski definition) is 4. The number of nitrogens with two attached hydrogens (primary N) is 1. The number of nitrogens with zero attached hydrogens (tertiary/aromatic N) is 1. The van der Waals surface area contributed by atoms with E-state index >= 15 is 0 Å². The molecule has 0 aliphatic carbocycles. The molecule has 0 saturated carbocycles. The number of carbonyl (C=O) groups excluding carboxylic acids is 1. The van der Waals surface area contributed by atoms with Gasteiger partial charge in [0, 0.05) is 42.1 Å². The Kier molecular flexibility index (Phi) is 5.57. The summed E-state index contributed by atoms with van der Waals surface area (Å²) in [6.45, 7) is 4.05. The molecule has 0 spiro atoms. The molecule has 1 aliphatic rings. The van der Waals surface area contributed by atoms with E-state index in [0.717, 1.165) is 24.6 Å². The van der Waals surface area contributed by atoms with Crippen molar-refractivity contribution in [3.05, 3.63) is 23.2 Å². The first-order chi connectivity index (χ1) is 9.56. The van der Waals surface area contributed by atoms with Crippen LogP contribution in [0.15, 0.2) is 18.2 Å². The van der Waals surface area contributed by atoms with Crippen LogP contribution in [-0.4, -0.2) is 41.4 Å². The van der Waals surface area contributed by atoms with Crippen LogP contribution in [-0.2, 0) is 4.79 Å². The van der Waals surface area contributed by atoms with Crippen molar-refractivity contribution in [2.75, 3.05) is 35.6 Å². The molecule has 1 unspecified atom stereocenters. The lowest BCUT2D eigenvalue weighted by Gasteiger charge is -2.32. The normalized spacial score (nSPS) is 19.8. The summed E-state index contributed by atoms with van der Waals surface area (Å²) in [6, 6.07) is 5.62. The van der Waals surface area contributed by atoms with Crippen molar-refractivity contribution >= 4 is 40.6 Å². The minimum Gasteiger partial charge on any atom is -0.397 e. The van der Waals surface area contributed by atoms with E-state index in [1.807, 2.05) is 11.8 Å². The Bertz CT molecular complexity index is 483. The second kappa shape index (κ2) is 7.20. The molecule has 6 heteroatoms. The van der Waals surface area contributed by atoms with E-state index < -0.39 is 0 Å². The Morgan fingerprint density at radius 1 is 1.60 bits per heavy atom. The highest BCUT2D eigenvalue weighted by Gasteiger charge is 2.19. The molecule has 1 heterocycles. The van der Waals surface area contributed by atoms with Gasteiger partial charge in [0.2, 0.25) is 5.91 Å². The van der Waals surface area contributed by atoms with Gasteiger partial charge in [-0.15, -0.1) is 0 Å². The first-order valence-corrected chi connectivity index (χ1v) is 8.26. The molecule has 1 aromatic carbocycles. The van der Waals surface area contributed by atoms with E-state index in [2.05, 4.69) is 17.1 Å². The van der Waals surface area contributed by atoms with Gasteiger partial charge < -0.3 is 11.1 Å². The monoisotopic (exact) mass is 313 g/mol. The maximum absolute atomic E-state index is 12.0. The van der Waals surface area contributed by atoms with Crippen molar-refractivity contribution in [3.63, 3.8) is 0 Å². The van der Waals surface area contributed by atoms with Gasteiger partial charge in [-0.1, -0.05) is 11.6 Å². The summed E-state index contributed by atoms with van der Waals surface area (Å²) < 4.78 is 0. The molecule has 20 heavy (non-hydrogen) atoms. The SMILES string of the molecule is CC1CSCCN1CCC(=O)Nc1cc(Cl)ccc1N. The van der Waals surface area contributed by atoms with Gasteiger partial charge in [0.15, 0.2) is 0 Å². The molecular formula is C14H20ClN3OS. The van der Waals surface area contributed by atoms with Gasteiger partial charge in [0.05, 0.1) is 11.4 Å². The fourth-order valence-corrected chi connectivity index (χ4v) is 3.44. The van der Waals surface area contributed by atoms with E-state index in [1.165, 1.54) is 0 Å². The van der Waals surface area contributed by atoms with Gasteiger partial charge in [-0.05, 0) is 25.1 Å². The van der Waals surface area contributed by atoms with E-state index in [-0.39, 0.29) is 5.91 Å². The fraction of sp³-hybridized carbons (Fsp3) is 0.500. The van der Waals surface area contributed by atoms with Gasteiger partial charge >= 0.3 is 0 Å². The van der Waals surface area contributed by atoms with Crippen molar-refractivity contribution < 1.29 is 4.79 Å². The number of amides is 1. The van der Waals surface area contributed by atoms with Crippen LogP contribution in [0.2, 0.25) is 5.02 Å². The third kappa shape index (κ3) is 4.30. The number of rotatable bonds is 4. The summed E-state index contributed by atoms with van der Waals surface area (Å²) in [5.41, 5.74) is 6.93. The Morgan fingerprint density at radius 2 is 2.40 bits per heavy atom. The predicted octanol–water partition coefficient (Wildman–Crippen LogP) is 2.69. The summed E-state index contributed by atoms with van der Waals surface area (Å²) in [4.78, 5) is 14.3. The van der Waals surface area contributed by atoms with E-state index in [0.29, 0.717) is 28.9 Å². The largest absolute Gasteiger partial charge is 0.397 e. The molecule has 1 fully saturated rings. The van der Waals surface area contributed by atoms with Gasteiger partial charge in [-0.2, -0.15) is 11.8 Å². The van der Waals surface area contributed by atoms with E-state index in [4.69, 9.17) is 17.3 Å². The molecule has 0 aromatic heterocycles. The minimum atomic E-state index is -0.0237. The summed E-state index contributed by atoms with van der Waals surface area (Å²) >= 11 is 7.87. The third-order valence-electron chi connectivity index (χ3n) is 3.42. The fourth-order valence-electron chi connectivity index (χ4n) is 2.19. The summed E-state index contributed by atoms with van der Waals surface area (Å²) in [7, 11) is 0. The molecule has 1 saturated heterocycles. The molecule has 1 aromatic rings. The number of nitrogens with one attached hydrogen (secondary N) is 1. The molecular weight excluding hydrogens is 294 g/mol. The van der Waals surface area contributed by atoms with Crippen molar-refractivity contribution in [1.82, 2.24) is 4.90 Å². The molecule has 1 amide bonds. The highest BCUT2D eigenvalue weighted by molar-refractivity contribution is 7.99. The number of carbonyl (C=O) groups is 1. The van der Waals surface area contributed by atoms with Crippen molar-refractivity contribution in [1.29, 1.82) is 0 Å². The zero-order valence-corrected chi connectivity index (χ0v) is 13.1. The third-order valence-corrected chi connectivity index (χ3v) is 4.85. The molecule has 1 aliphatic heterocycles. The maximum Gasteiger partial charge on any atom is 0.225 e. The van der Waals surface area contributed by atoms with Crippen molar-refractivity contribution in [2.24, 2.45) is 0 Å². The van der Waals surface area contributed by atoms with Crippen LogP contribution < -0.4 is 11.1 Å². The van der Waals surface area contributed by atoms with Crippen LogP contribution in [0.5, 0.6) is 0 Å². The molecule has 0 radical (unpaired) electrons. The van der Waals surface area contributed by atoms with Crippen LogP contribution in [0.1, 0.15) is 13.3 Å². The van der Waals surface area contributed by atoms with Crippen molar-refractivity contribution in [2.45, 2.75) is 19.4 Å². The molecule has 4 nitrogen and oxygen atoms in total. The van der Waals surface area contributed by atoms with Crippen LogP contribution in [0.4, 0.5) is 11.4 Å². The number of hydrogen-bond donors (Lipinski definition) is 2. The van der Waals surface area contributed by atoms with Crippen LogP contribution in [0.3, 0.4) is 0 Å². The summed E-state index contributed by atoms with van der Waals surface area (Å²) in [5, 5.41) is 3.39. The van der Waals surface area contributed by atoms with Gasteiger partial charge in [0.25, 0.3) is 0 Å². The summed E-state index contributed by atoms with van der Waals surface area (Å²) in [6.07, 6.45) is 0.473. The van der Waals surface area contributed by atoms with Crippen LogP contribution in [0, 0.1) is 0 Å².